The van der Waals surface area contributed by atoms with E-state index in [2.05, 4.69) is 20.5 Å². The number of nitrogens with zero attached hydrogens (tertiary/aromatic N) is 3. The van der Waals surface area contributed by atoms with Gasteiger partial charge in [0.15, 0.2) is 0 Å². The molecule has 3 heterocycles. The highest BCUT2D eigenvalue weighted by atomic mass is 32.2. The van der Waals surface area contributed by atoms with Gasteiger partial charge in [0, 0.05) is 23.0 Å². The van der Waals surface area contributed by atoms with Gasteiger partial charge >= 0.3 is 12.1 Å². The van der Waals surface area contributed by atoms with Crippen molar-refractivity contribution in [2.75, 3.05) is 12.9 Å². The van der Waals surface area contributed by atoms with Crippen LogP contribution in [0.25, 0.3) is 10.9 Å². The summed E-state index contributed by atoms with van der Waals surface area (Å²) >= 11 is 1.07. The number of rotatable bonds is 7. The summed E-state index contributed by atoms with van der Waals surface area (Å²) < 4.78 is 16.1. The topological polar surface area (TPSA) is 140 Å². The van der Waals surface area contributed by atoms with Crippen LogP contribution in [-0.2, 0) is 32.0 Å². The predicted molar refractivity (Wildman–Crippen MR) is 140 cm³/mol. The van der Waals surface area contributed by atoms with Crippen molar-refractivity contribution in [2.45, 2.75) is 70.5 Å². The molecule has 2 aromatic heterocycles. The highest BCUT2D eigenvalue weighted by Crippen LogP contribution is 2.32. The smallest absolute Gasteiger partial charge is 0.408 e. The zero-order chi connectivity index (χ0) is 27.6. The summed E-state index contributed by atoms with van der Waals surface area (Å²) in [6.45, 7) is 9.41. The normalized spacial score (nSPS) is 16.3. The minimum atomic E-state index is -0.735. The number of fused-ring (bicyclic) bond motifs is 3. The molecule has 0 fully saturated rings. The van der Waals surface area contributed by atoms with Crippen molar-refractivity contribution in [3.05, 3.63) is 41.4 Å². The maximum absolute atomic E-state index is 13.3. The molecule has 2 amide bonds. The highest BCUT2D eigenvalue weighted by Gasteiger charge is 2.37. The number of benzene rings is 1. The van der Waals surface area contributed by atoms with Gasteiger partial charge in [-0.2, -0.15) is 0 Å². The van der Waals surface area contributed by atoms with Crippen LogP contribution in [0.5, 0.6) is 0 Å². The molecule has 2 N–H and O–H groups in total. The fraction of sp³-hybridized carbons (Fsp3) is 0.500. The van der Waals surface area contributed by atoms with Crippen LogP contribution in [0.2, 0.25) is 0 Å². The van der Waals surface area contributed by atoms with Crippen molar-refractivity contribution >= 4 is 40.6 Å². The average molecular weight is 544 g/mol. The number of para-hydroxylation sites is 1. The van der Waals surface area contributed by atoms with Crippen molar-refractivity contribution in [3.8, 4) is 0 Å². The van der Waals surface area contributed by atoms with Crippen LogP contribution in [0.1, 0.15) is 57.8 Å². The van der Waals surface area contributed by atoms with Gasteiger partial charge in [-0.05, 0) is 38.3 Å². The average Bonchev–Trinajstić information content (AvgIpc) is 3.47. The lowest BCUT2D eigenvalue weighted by Crippen LogP contribution is -2.49. The molecule has 204 valence electrons. The van der Waals surface area contributed by atoms with Gasteiger partial charge in [-0.25, -0.2) is 9.59 Å². The number of hydrogen-bond acceptors (Lipinski definition) is 9. The Balaban J connectivity index is 1.45. The summed E-state index contributed by atoms with van der Waals surface area (Å²) in [7, 11) is 1.32. The number of aromatic nitrogens is 3. The van der Waals surface area contributed by atoms with E-state index in [0.29, 0.717) is 6.42 Å². The number of hydrogen-bond donors (Lipinski definition) is 2. The summed E-state index contributed by atoms with van der Waals surface area (Å²) in [4.78, 5) is 43.1. The van der Waals surface area contributed by atoms with Crippen molar-refractivity contribution in [2.24, 2.45) is 5.92 Å². The first-order chi connectivity index (χ1) is 18.0. The number of ether oxygens (including phenoxy) is 2. The van der Waals surface area contributed by atoms with E-state index in [-0.39, 0.29) is 35.2 Å². The molecule has 0 spiro atoms. The van der Waals surface area contributed by atoms with Crippen molar-refractivity contribution in [1.29, 1.82) is 0 Å². The van der Waals surface area contributed by atoms with Gasteiger partial charge in [-0.3, -0.25) is 4.79 Å². The summed E-state index contributed by atoms with van der Waals surface area (Å²) in [5, 5.41) is 12.1. The maximum Gasteiger partial charge on any atom is 0.408 e. The molecule has 0 aliphatic carbocycles. The maximum atomic E-state index is 13.3. The molecular weight excluding hydrogens is 510 g/mol. The number of carbonyl (C=O) groups excluding carboxylic acids is 3. The standard InChI is InChI=1S/C26H33N5O6S/c1-14(2)21(28-24(34)37-26(3,4)5)22-29-30-25(36-22)38-13-20(32)31-12-18-16(11-19(31)23(33)35-6)15-9-7-8-10-17(15)27-18/h7-10,14,19,21,27H,11-13H2,1-6H3,(H,28,34)/t19-,21-/m1/s1. The molecular formula is C26H33N5O6S. The molecule has 4 rings (SSSR count). The third kappa shape index (κ3) is 6.12. The Morgan fingerprint density at radius 1 is 1.24 bits per heavy atom. The summed E-state index contributed by atoms with van der Waals surface area (Å²) in [6.07, 6.45) is -0.228. The van der Waals surface area contributed by atoms with Gasteiger partial charge in [-0.1, -0.05) is 43.8 Å². The summed E-state index contributed by atoms with van der Waals surface area (Å²) in [5.74, 6) is -0.582. The second-order valence-electron chi connectivity index (χ2n) is 10.5. The molecule has 38 heavy (non-hydrogen) atoms. The van der Waals surface area contributed by atoms with Gasteiger partial charge in [0.1, 0.15) is 17.7 Å². The lowest BCUT2D eigenvalue weighted by atomic mass is 9.96. The molecule has 1 aliphatic heterocycles. The van der Waals surface area contributed by atoms with Crippen LogP contribution in [-0.4, -0.2) is 62.6 Å². The molecule has 1 aromatic carbocycles. The van der Waals surface area contributed by atoms with Gasteiger partial charge in [0.2, 0.25) is 11.8 Å². The summed E-state index contributed by atoms with van der Waals surface area (Å²) in [5.41, 5.74) is 2.23. The third-order valence-corrected chi connectivity index (χ3v) is 6.95. The van der Waals surface area contributed by atoms with Crippen LogP contribution in [0.4, 0.5) is 4.79 Å². The minimum absolute atomic E-state index is 0.0173. The van der Waals surface area contributed by atoms with Crippen LogP contribution < -0.4 is 5.32 Å². The highest BCUT2D eigenvalue weighted by molar-refractivity contribution is 7.99. The van der Waals surface area contributed by atoms with Crippen LogP contribution in [0, 0.1) is 5.92 Å². The Morgan fingerprint density at radius 3 is 2.66 bits per heavy atom. The number of thioether (sulfide) groups is 1. The zero-order valence-electron chi connectivity index (χ0n) is 22.4. The van der Waals surface area contributed by atoms with E-state index in [1.54, 1.807) is 20.8 Å². The quantitative estimate of drug-likeness (QED) is 0.334. The van der Waals surface area contributed by atoms with E-state index >= 15 is 0 Å². The van der Waals surface area contributed by atoms with Crippen molar-refractivity contribution in [3.63, 3.8) is 0 Å². The number of alkyl carbamates (subject to hydrolysis) is 1. The number of nitrogens with one attached hydrogen (secondary N) is 2. The molecule has 0 saturated heterocycles. The first-order valence-corrected chi connectivity index (χ1v) is 13.4. The molecule has 0 saturated carbocycles. The van der Waals surface area contributed by atoms with E-state index in [0.717, 1.165) is 33.9 Å². The number of aromatic amines is 1. The molecule has 0 bridgehead atoms. The fourth-order valence-electron chi connectivity index (χ4n) is 4.38. The Labute approximate surface area is 225 Å². The number of carbonyl (C=O) groups is 3. The van der Waals surface area contributed by atoms with E-state index in [1.165, 1.54) is 12.0 Å². The number of amides is 2. The van der Waals surface area contributed by atoms with Crippen molar-refractivity contribution < 1.29 is 28.3 Å². The van der Waals surface area contributed by atoms with Gasteiger partial charge in [0.25, 0.3) is 5.22 Å². The van der Waals surface area contributed by atoms with E-state index < -0.39 is 29.7 Å². The molecule has 12 heteroatoms. The SMILES string of the molecule is COC(=O)[C@H]1Cc2c([nH]c3ccccc23)CN1C(=O)CSc1nnc([C@H](NC(=O)OC(C)(C)C)C(C)C)o1. The van der Waals surface area contributed by atoms with Crippen LogP contribution in [0.3, 0.4) is 0 Å². The van der Waals surface area contributed by atoms with Gasteiger partial charge < -0.3 is 29.1 Å². The number of methoxy groups -OCH3 is 1. The Bertz CT molecular complexity index is 1330. The molecule has 11 nitrogen and oxygen atoms in total. The number of H-pyrrole nitrogens is 1. The van der Waals surface area contributed by atoms with Crippen molar-refractivity contribution in [1.82, 2.24) is 25.4 Å². The Morgan fingerprint density at radius 2 is 1.97 bits per heavy atom. The predicted octanol–water partition coefficient (Wildman–Crippen LogP) is 3.99. The molecule has 0 unspecified atom stereocenters. The molecule has 2 atom stereocenters. The van der Waals surface area contributed by atoms with Gasteiger partial charge in [0.05, 0.1) is 19.4 Å². The molecule has 1 aliphatic rings. The second kappa shape index (κ2) is 11.1. The lowest BCUT2D eigenvalue weighted by Gasteiger charge is -2.33. The van der Waals surface area contributed by atoms with Crippen LogP contribution >= 0.6 is 11.8 Å². The van der Waals surface area contributed by atoms with E-state index in [4.69, 9.17) is 13.9 Å². The first kappa shape index (κ1) is 27.5. The molecule has 3 aromatic rings. The van der Waals surface area contributed by atoms with Gasteiger partial charge in [-0.15, -0.1) is 10.2 Å². The summed E-state index contributed by atoms with van der Waals surface area (Å²) in [6, 6.07) is 6.56. The largest absolute Gasteiger partial charge is 0.467 e. The second-order valence-corrected chi connectivity index (χ2v) is 11.4. The lowest BCUT2D eigenvalue weighted by molar-refractivity contribution is -0.153. The monoisotopic (exact) mass is 543 g/mol. The minimum Gasteiger partial charge on any atom is -0.467 e. The first-order valence-electron chi connectivity index (χ1n) is 12.4. The Kier molecular flexibility index (Phi) is 8.00. The van der Waals surface area contributed by atoms with Crippen LogP contribution in [0.15, 0.2) is 33.9 Å². The fourth-order valence-corrected chi connectivity index (χ4v) is 5.03. The Hall–Kier alpha value is -3.54. The zero-order valence-corrected chi connectivity index (χ0v) is 23.2. The van der Waals surface area contributed by atoms with E-state index in [9.17, 15) is 14.4 Å². The third-order valence-electron chi connectivity index (χ3n) is 6.14. The van der Waals surface area contributed by atoms with E-state index in [1.807, 2.05) is 38.1 Å². The number of esters is 1. The molecule has 0 radical (unpaired) electrons.